The summed E-state index contributed by atoms with van der Waals surface area (Å²) in [5, 5.41) is 0. The standard InChI is InChI=1S/C17H23NO2/c1-12-7-13(2)9-14(8-12)17(19)5-6-18-10-15-3-4-16(11-18)20-15/h7-9,15-16H,3-6,10-11H2,1-2H3. The van der Waals surface area contributed by atoms with Gasteiger partial charge in [-0.3, -0.25) is 9.69 Å². The second kappa shape index (κ2) is 5.66. The van der Waals surface area contributed by atoms with Crippen molar-refractivity contribution in [1.82, 2.24) is 4.90 Å². The van der Waals surface area contributed by atoms with Crippen molar-refractivity contribution in [2.75, 3.05) is 19.6 Å². The van der Waals surface area contributed by atoms with Crippen molar-refractivity contribution < 1.29 is 9.53 Å². The fraction of sp³-hybridized carbons (Fsp3) is 0.588. The lowest BCUT2D eigenvalue weighted by molar-refractivity contribution is -0.0379. The van der Waals surface area contributed by atoms with Crippen molar-refractivity contribution in [3.63, 3.8) is 0 Å². The molecule has 0 spiro atoms. The van der Waals surface area contributed by atoms with Crippen molar-refractivity contribution in [1.29, 1.82) is 0 Å². The molecule has 1 aromatic carbocycles. The van der Waals surface area contributed by atoms with Crippen LogP contribution in [0.2, 0.25) is 0 Å². The lowest BCUT2D eigenvalue weighted by atomic mass is 10.0. The summed E-state index contributed by atoms with van der Waals surface area (Å²) in [7, 11) is 0. The number of rotatable bonds is 4. The molecular weight excluding hydrogens is 250 g/mol. The van der Waals surface area contributed by atoms with Gasteiger partial charge in [0.05, 0.1) is 12.2 Å². The quantitative estimate of drug-likeness (QED) is 0.790. The highest BCUT2D eigenvalue weighted by molar-refractivity contribution is 5.96. The first-order valence-electron chi connectivity index (χ1n) is 7.59. The number of morpholine rings is 1. The molecule has 0 radical (unpaired) electrons. The Balaban J connectivity index is 1.56. The Morgan fingerprint density at radius 1 is 1.15 bits per heavy atom. The van der Waals surface area contributed by atoms with E-state index in [0.717, 1.165) is 36.3 Å². The van der Waals surface area contributed by atoms with Crippen molar-refractivity contribution in [2.24, 2.45) is 0 Å². The van der Waals surface area contributed by atoms with Crippen LogP contribution < -0.4 is 0 Å². The number of Topliss-reactive ketones (excluding diaryl/α,β-unsaturated/α-hetero) is 1. The molecule has 2 heterocycles. The van der Waals surface area contributed by atoms with Crippen LogP contribution in [0, 0.1) is 13.8 Å². The van der Waals surface area contributed by atoms with Crippen LogP contribution in [-0.4, -0.2) is 42.5 Å². The van der Waals surface area contributed by atoms with Crippen LogP contribution in [0.3, 0.4) is 0 Å². The van der Waals surface area contributed by atoms with Gasteiger partial charge in [-0.1, -0.05) is 17.2 Å². The molecule has 2 aliphatic heterocycles. The Hall–Kier alpha value is -1.19. The third-order valence-electron chi connectivity index (χ3n) is 4.32. The Labute approximate surface area is 120 Å². The van der Waals surface area contributed by atoms with Gasteiger partial charge in [0.1, 0.15) is 0 Å². The van der Waals surface area contributed by atoms with Gasteiger partial charge in [0.15, 0.2) is 5.78 Å². The highest BCUT2D eigenvalue weighted by Gasteiger charge is 2.33. The average Bonchev–Trinajstić information content (AvgIpc) is 2.74. The zero-order valence-electron chi connectivity index (χ0n) is 12.4. The largest absolute Gasteiger partial charge is 0.372 e. The van der Waals surface area contributed by atoms with Gasteiger partial charge < -0.3 is 4.74 Å². The van der Waals surface area contributed by atoms with E-state index in [1.165, 1.54) is 12.8 Å². The summed E-state index contributed by atoms with van der Waals surface area (Å²) < 4.78 is 5.82. The summed E-state index contributed by atoms with van der Waals surface area (Å²) in [6.07, 6.45) is 3.80. The number of ether oxygens (including phenoxy) is 1. The SMILES string of the molecule is Cc1cc(C)cc(C(=O)CCN2CC3CCC(C2)O3)c1. The number of hydrogen-bond donors (Lipinski definition) is 0. The molecule has 2 saturated heterocycles. The third kappa shape index (κ3) is 3.10. The molecule has 3 rings (SSSR count). The van der Waals surface area contributed by atoms with E-state index in [1.54, 1.807) is 0 Å². The van der Waals surface area contributed by atoms with E-state index in [0.29, 0.717) is 18.6 Å². The predicted molar refractivity (Wildman–Crippen MR) is 79.2 cm³/mol. The maximum Gasteiger partial charge on any atom is 0.164 e. The number of ketones is 1. The van der Waals surface area contributed by atoms with Gasteiger partial charge in [-0.05, 0) is 38.8 Å². The van der Waals surface area contributed by atoms with E-state index in [4.69, 9.17) is 4.74 Å². The molecule has 3 heteroatoms. The molecule has 3 nitrogen and oxygen atoms in total. The van der Waals surface area contributed by atoms with Crippen LogP contribution in [0.5, 0.6) is 0 Å². The van der Waals surface area contributed by atoms with Gasteiger partial charge in [0, 0.05) is 31.6 Å². The van der Waals surface area contributed by atoms with E-state index < -0.39 is 0 Å². The number of fused-ring (bicyclic) bond motifs is 2. The third-order valence-corrected chi connectivity index (χ3v) is 4.32. The Kier molecular flexibility index (Phi) is 3.90. The van der Waals surface area contributed by atoms with Crippen LogP contribution in [0.15, 0.2) is 18.2 Å². The van der Waals surface area contributed by atoms with Crippen molar-refractivity contribution in [3.8, 4) is 0 Å². The maximum absolute atomic E-state index is 12.3. The number of carbonyl (C=O) groups is 1. The van der Waals surface area contributed by atoms with E-state index in [2.05, 4.69) is 11.0 Å². The second-order valence-electron chi connectivity index (χ2n) is 6.27. The van der Waals surface area contributed by atoms with Crippen molar-refractivity contribution >= 4 is 5.78 Å². The topological polar surface area (TPSA) is 29.5 Å². The first-order chi connectivity index (χ1) is 9.60. The summed E-state index contributed by atoms with van der Waals surface area (Å²) in [4.78, 5) is 14.7. The number of hydrogen-bond acceptors (Lipinski definition) is 3. The molecule has 2 atom stereocenters. The smallest absolute Gasteiger partial charge is 0.164 e. The molecule has 2 unspecified atom stereocenters. The molecule has 2 fully saturated rings. The molecule has 108 valence electrons. The number of carbonyl (C=O) groups excluding carboxylic acids is 1. The fourth-order valence-electron chi connectivity index (χ4n) is 3.42. The molecule has 0 aromatic heterocycles. The van der Waals surface area contributed by atoms with Gasteiger partial charge >= 0.3 is 0 Å². The zero-order valence-corrected chi connectivity index (χ0v) is 12.4. The minimum atomic E-state index is 0.260. The van der Waals surface area contributed by atoms with E-state index in [1.807, 2.05) is 26.0 Å². The normalized spacial score (nSPS) is 25.9. The molecule has 0 N–H and O–H groups in total. The predicted octanol–water partition coefficient (Wildman–Crippen LogP) is 2.74. The lowest BCUT2D eigenvalue weighted by Crippen LogP contribution is -2.43. The maximum atomic E-state index is 12.3. The number of likely N-dealkylation sites (tertiary alicyclic amines) is 1. The van der Waals surface area contributed by atoms with Gasteiger partial charge in [0.25, 0.3) is 0 Å². The monoisotopic (exact) mass is 273 g/mol. The first kappa shape index (κ1) is 13.8. The summed E-state index contributed by atoms with van der Waals surface area (Å²) in [6, 6.07) is 6.10. The first-order valence-corrected chi connectivity index (χ1v) is 7.59. The van der Waals surface area contributed by atoms with Crippen LogP contribution >= 0.6 is 0 Å². The van der Waals surface area contributed by atoms with Crippen molar-refractivity contribution in [3.05, 3.63) is 34.9 Å². The highest BCUT2D eigenvalue weighted by atomic mass is 16.5. The Bertz CT molecular complexity index is 479. The van der Waals surface area contributed by atoms with E-state index >= 15 is 0 Å². The molecule has 2 aliphatic rings. The summed E-state index contributed by atoms with van der Waals surface area (Å²) in [6.45, 7) is 6.95. The molecule has 2 bridgehead atoms. The van der Waals surface area contributed by atoms with Gasteiger partial charge in [-0.25, -0.2) is 0 Å². The van der Waals surface area contributed by atoms with E-state index in [-0.39, 0.29) is 5.78 Å². The van der Waals surface area contributed by atoms with Crippen LogP contribution in [0.25, 0.3) is 0 Å². The highest BCUT2D eigenvalue weighted by Crippen LogP contribution is 2.26. The molecule has 0 amide bonds. The van der Waals surface area contributed by atoms with Crippen LogP contribution in [0.4, 0.5) is 0 Å². The lowest BCUT2D eigenvalue weighted by Gasteiger charge is -2.31. The van der Waals surface area contributed by atoms with Gasteiger partial charge in [0.2, 0.25) is 0 Å². The number of benzene rings is 1. The summed E-state index contributed by atoms with van der Waals surface area (Å²) in [5.74, 6) is 0.260. The van der Waals surface area contributed by atoms with Crippen molar-refractivity contribution in [2.45, 2.75) is 45.3 Å². The Morgan fingerprint density at radius 3 is 2.35 bits per heavy atom. The number of aryl methyl sites for hydroxylation is 2. The zero-order chi connectivity index (χ0) is 14.1. The van der Waals surface area contributed by atoms with E-state index in [9.17, 15) is 4.79 Å². The minimum absolute atomic E-state index is 0.260. The molecular formula is C17H23NO2. The number of nitrogens with zero attached hydrogens (tertiary/aromatic N) is 1. The van der Waals surface area contributed by atoms with Crippen LogP contribution in [0.1, 0.15) is 40.7 Å². The van der Waals surface area contributed by atoms with Gasteiger partial charge in [-0.2, -0.15) is 0 Å². The fourth-order valence-corrected chi connectivity index (χ4v) is 3.42. The van der Waals surface area contributed by atoms with Crippen LogP contribution in [-0.2, 0) is 4.74 Å². The summed E-state index contributed by atoms with van der Waals surface area (Å²) >= 11 is 0. The molecule has 1 aromatic rings. The minimum Gasteiger partial charge on any atom is -0.372 e. The average molecular weight is 273 g/mol. The molecule has 0 aliphatic carbocycles. The molecule has 0 saturated carbocycles. The van der Waals surface area contributed by atoms with Gasteiger partial charge in [-0.15, -0.1) is 0 Å². The molecule has 20 heavy (non-hydrogen) atoms. The second-order valence-corrected chi connectivity index (χ2v) is 6.27. The summed E-state index contributed by atoms with van der Waals surface area (Å²) in [5.41, 5.74) is 3.19. The Morgan fingerprint density at radius 2 is 1.75 bits per heavy atom.